The van der Waals surface area contributed by atoms with E-state index < -0.39 is 11.9 Å². The van der Waals surface area contributed by atoms with Gasteiger partial charge in [-0.1, -0.05) is 23.7 Å². The minimum atomic E-state index is -0.808. The predicted molar refractivity (Wildman–Crippen MR) is 76.7 cm³/mol. The highest BCUT2D eigenvalue weighted by atomic mass is 35.5. The van der Waals surface area contributed by atoms with E-state index in [-0.39, 0.29) is 5.91 Å². The van der Waals surface area contributed by atoms with Crippen molar-refractivity contribution in [3.05, 3.63) is 34.9 Å². The van der Waals surface area contributed by atoms with Crippen molar-refractivity contribution in [2.24, 2.45) is 5.92 Å². The van der Waals surface area contributed by atoms with Crippen LogP contribution >= 0.6 is 11.6 Å². The number of aryl methyl sites for hydroxylation is 1. The van der Waals surface area contributed by atoms with Gasteiger partial charge in [-0.3, -0.25) is 9.59 Å². The number of carbonyl (C=O) groups excluding carboxylic acids is 1. The molecule has 1 N–H and O–H groups in total. The van der Waals surface area contributed by atoms with Crippen molar-refractivity contribution in [3.8, 4) is 0 Å². The molecule has 0 bridgehead atoms. The van der Waals surface area contributed by atoms with E-state index in [0.717, 1.165) is 12.0 Å². The van der Waals surface area contributed by atoms with Crippen LogP contribution in [-0.2, 0) is 16.0 Å². The topological polar surface area (TPSA) is 57.6 Å². The summed E-state index contributed by atoms with van der Waals surface area (Å²) in [7, 11) is 0. The number of carbonyl (C=O) groups is 2. The smallest absolute Gasteiger partial charge is 0.308 e. The lowest BCUT2D eigenvalue weighted by Gasteiger charge is -2.30. The van der Waals surface area contributed by atoms with Gasteiger partial charge >= 0.3 is 5.97 Å². The summed E-state index contributed by atoms with van der Waals surface area (Å²) in [6.45, 7) is 1.00. The number of carboxylic acids is 1. The van der Waals surface area contributed by atoms with Gasteiger partial charge < -0.3 is 10.0 Å². The first-order chi connectivity index (χ1) is 9.56. The van der Waals surface area contributed by atoms with Crippen molar-refractivity contribution in [1.82, 2.24) is 4.90 Å². The van der Waals surface area contributed by atoms with Gasteiger partial charge in [-0.25, -0.2) is 0 Å². The Morgan fingerprint density at radius 3 is 2.90 bits per heavy atom. The fourth-order valence-corrected chi connectivity index (χ4v) is 2.72. The van der Waals surface area contributed by atoms with Gasteiger partial charge in [-0.05, 0) is 37.0 Å². The highest BCUT2D eigenvalue weighted by Crippen LogP contribution is 2.18. The molecule has 1 atom stereocenters. The maximum absolute atomic E-state index is 12.1. The normalized spacial score (nSPS) is 18.9. The Morgan fingerprint density at radius 1 is 1.40 bits per heavy atom. The third-order valence-corrected chi connectivity index (χ3v) is 3.88. The number of piperidine rings is 1. The van der Waals surface area contributed by atoms with E-state index in [0.29, 0.717) is 37.4 Å². The van der Waals surface area contributed by atoms with Crippen molar-refractivity contribution in [3.63, 3.8) is 0 Å². The number of amides is 1. The van der Waals surface area contributed by atoms with E-state index in [4.69, 9.17) is 16.7 Å². The molecule has 1 aromatic rings. The van der Waals surface area contributed by atoms with Crippen LogP contribution in [0.2, 0.25) is 5.02 Å². The Morgan fingerprint density at radius 2 is 2.20 bits per heavy atom. The van der Waals surface area contributed by atoms with Crippen LogP contribution in [0.3, 0.4) is 0 Å². The zero-order chi connectivity index (χ0) is 14.5. The number of nitrogens with zero attached hydrogens (tertiary/aromatic N) is 1. The van der Waals surface area contributed by atoms with E-state index in [1.807, 2.05) is 18.2 Å². The molecular weight excluding hydrogens is 278 g/mol. The van der Waals surface area contributed by atoms with E-state index in [2.05, 4.69) is 0 Å². The Labute approximate surface area is 123 Å². The second kappa shape index (κ2) is 6.75. The number of rotatable bonds is 4. The molecule has 1 saturated heterocycles. The van der Waals surface area contributed by atoms with Gasteiger partial charge in [0.05, 0.1) is 5.92 Å². The number of hydrogen-bond donors (Lipinski definition) is 1. The molecule has 1 aliphatic heterocycles. The maximum Gasteiger partial charge on any atom is 0.308 e. The molecule has 0 saturated carbocycles. The first kappa shape index (κ1) is 14.9. The SMILES string of the molecule is O=C(O)C1CCCN(C(=O)CCc2cccc(Cl)c2)C1. The van der Waals surface area contributed by atoms with Crippen LogP contribution in [0.4, 0.5) is 0 Å². The van der Waals surface area contributed by atoms with E-state index in [1.165, 1.54) is 0 Å². The van der Waals surface area contributed by atoms with Crippen LogP contribution < -0.4 is 0 Å². The first-order valence-corrected chi connectivity index (χ1v) is 7.19. The summed E-state index contributed by atoms with van der Waals surface area (Å²) in [5.41, 5.74) is 1.03. The summed E-state index contributed by atoms with van der Waals surface area (Å²) in [6, 6.07) is 7.46. The quantitative estimate of drug-likeness (QED) is 0.929. The molecule has 1 aliphatic rings. The number of likely N-dealkylation sites (tertiary alicyclic amines) is 1. The molecule has 20 heavy (non-hydrogen) atoms. The number of aliphatic carboxylic acids is 1. The van der Waals surface area contributed by atoms with Gasteiger partial charge in [0.25, 0.3) is 0 Å². The maximum atomic E-state index is 12.1. The minimum Gasteiger partial charge on any atom is -0.481 e. The minimum absolute atomic E-state index is 0.0240. The van der Waals surface area contributed by atoms with Crippen LogP contribution in [0.25, 0.3) is 0 Å². The predicted octanol–water partition coefficient (Wildman–Crippen LogP) is 2.60. The van der Waals surface area contributed by atoms with Gasteiger partial charge in [0.2, 0.25) is 5.91 Å². The third kappa shape index (κ3) is 3.97. The van der Waals surface area contributed by atoms with Crippen molar-refractivity contribution in [2.75, 3.05) is 13.1 Å². The molecule has 1 amide bonds. The van der Waals surface area contributed by atoms with Crippen molar-refractivity contribution < 1.29 is 14.7 Å². The number of hydrogen-bond acceptors (Lipinski definition) is 2. The summed E-state index contributed by atoms with van der Waals surface area (Å²) in [6.07, 6.45) is 2.45. The second-order valence-electron chi connectivity index (χ2n) is 5.15. The molecule has 1 fully saturated rings. The molecule has 4 nitrogen and oxygen atoms in total. The van der Waals surface area contributed by atoms with E-state index >= 15 is 0 Å². The summed E-state index contributed by atoms with van der Waals surface area (Å²) >= 11 is 5.90. The zero-order valence-corrected chi connectivity index (χ0v) is 12.0. The van der Waals surface area contributed by atoms with Crippen LogP contribution in [0.1, 0.15) is 24.8 Å². The molecule has 108 valence electrons. The summed E-state index contributed by atoms with van der Waals surface area (Å²) in [5.74, 6) is -1.20. The molecule has 0 aromatic heterocycles. The van der Waals surface area contributed by atoms with Crippen LogP contribution in [0.5, 0.6) is 0 Å². The zero-order valence-electron chi connectivity index (χ0n) is 11.2. The molecule has 0 radical (unpaired) electrons. The molecule has 0 aliphatic carbocycles. The van der Waals surface area contributed by atoms with Gasteiger partial charge in [0.1, 0.15) is 0 Å². The van der Waals surface area contributed by atoms with Crippen LogP contribution in [-0.4, -0.2) is 35.0 Å². The lowest BCUT2D eigenvalue weighted by atomic mass is 9.97. The fraction of sp³-hybridized carbons (Fsp3) is 0.467. The Balaban J connectivity index is 1.87. The summed E-state index contributed by atoms with van der Waals surface area (Å²) in [5, 5.41) is 9.69. The van der Waals surface area contributed by atoms with Gasteiger partial charge in [-0.2, -0.15) is 0 Å². The van der Waals surface area contributed by atoms with E-state index in [1.54, 1.807) is 11.0 Å². The number of carboxylic acid groups (broad SMARTS) is 1. The standard InChI is InChI=1S/C15H18ClNO3/c16-13-5-1-3-11(9-13)6-7-14(18)17-8-2-4-12(10-17)15(19)20/h1,3,5,9,12H,2,4,6-8,10H2,(H,19,20). The third-order valence-electron chi connectivity index (χ3n) is 3.64. The molecule has 1 heterocycles. The average Bonchev–Trinajstić information content (AvgIpc) is 2.45. The Bertz CT molecular complexity index is 504. The molecular formula is C15H18ClNO3. The van der Waals surface area contributed by atoms with Crippen molar-refractivity contribution in [1.29, 1.82) is 0 Å². The Hall–Kier alpha value is -1.55. The van der Waals surface area contributed by atoms with Gasteiger partial charge in [0.15, 0.2) is 0 Å². The molecule has 0 spiro atoms. The molecule has 5 heteroatoms. The van der Waals surface area contributed by atoms with Gasteiger partial charge in [0, 0.05) is 24.5 Å². The van der Waals surface area contributed by atoms with Crippen molar-refractivity contribution >= 4 is 23.5 Å². The van der Waals surface area contributed by atoms with E-state index in [9.17, 15) is 9.59 Å². The highest BCUT2D eigenvalue weighted by molar-refractivity contribution is 6.30. The molecule has 2 rings (SSSR count). The number of benzene rings is 1. The molecule has 1 aromatic carbocycles. The highest BCUT2D eigenvalue weighted by Gasteiger charge is 2.27. The van der Waals surface area contributed by atoms with Crippen LogP contribution in [0, 0.1) is 5.92 Å². The summed E-state index contributed by atoms with van der Waals surface area (Å²) in [4.78, 5) is 24.8. The first-order valence-electron chi connectivity index (χ1n) is 6.81. The fourth-order valence-electron chi connectivity index (χ4n) is 2.51. The van der Waals surface area contributed by atoms with Crippen LogP contribution in [0.15, 0.2) is 24.3 Å². The molecule has 1 unspecified atom stereocenters. The summed E-state index contributed by atoms with van der Waals surface area (Å²) < 4.78 is 0. The monoisotopic (exact) mass is 295 g/mol. The van der Waals surface area contributed by atoms with Gasteiger partial charge in [-0.15, -0.1) is 0 Å². The van der Waals surface area contributed by atoms with Crippen molar-refractivity contribution in [2.45, 2.75) is 25.7 Å². The lowest BCUT2D eigenvalue weighted by molar-refractivity contribution is -0.145. The average molecular weight is 296 g/mol. The second-order valence-corrected chi connectivity index (χ2v) is 5.58. The lowest BCUT2D eigenvalue weighted by Crippen LogP contribution is -2.42. The Kier molecular flexibility index (Phi) is 5.01. The number of halogens is 1. The largest absolute Gasteiger partial charge is 0.481 e.